The molecule has 3 atom stereocenters. The fraction of sp³-hybridized carbons (Fsp3) is 0.409. The second-order valence-corrected chi connectivity index (χ2v) is 8.82. The number of carbonyl (C=O) groups is 1. The van der Waals surface area contributed by atoms with Crippen LogP contribution in [-0.4, -0.2) is 47.2 Å². The van der Waals surface area contributed by atoms with Crippen LogP contribution in [-0.2, 0) is 6.54 Å². The molecule has 2 aliphatic rings. The molecule has 2 saturated heterocycles. The van der Waals surface area contributed by atoms with E-state index in [1.807, 2.05) is 34.6 Å². The first kappa shape index (κ1) is 19.6. The molecule has 0 aliphatic carbocycles. The van der Waals surface area contributed by atoms with Gasteiger partial charge in [0.1, 0.15) is 12.7 Å². The number of rotatable bonds is 4. The number of halogens is 1. The van der Waals surface area contributed by atoms with Crippen LogP contribution in [0.4, 0.5) is 14.9 Å². The van der Waals surface area contributed by atoms with Crippen molar-refractivity contribution in [2.75, 3.05) is 5.32 Å². The van der Waals surface area contributed by atoms with Crippen LogP contribution >= 0.6 is 0 Å². The molecular weight excluding hydrogens is 397 g/mol. The third-order valence-electron chi connectivity index (χ3n) is 6.41. The summed E-state index contributed by atoms with van der Waals surface area (Å²) in [7, 11) is 0. The van der Waals surface area contributed by atoms with Crippen molar-refractivity contribution in [2.24, 2.45) is 5.92 Å². The zero-order valence-electron chi connectivity index (χ0n) is 17.5. The van der Waals surface area contributed by atoms with Crippen molar-refractivity contribution >= 4 is 11.7 Å². The van der Waals surface area contributed by atoms with Crippen molar-refractivity contribution < 1.29 is 9.18 Å². The SMILES string of the molecule is Cc1ccc(NC(=O)N2C3CC(C)CC2(Cn2cnnc2)C3)cc1-c1ncc(F)cn1. The number of carbonyl (C=O) groups excluding carboxylic acids is 1. The molecule has 1 N–H and O–H groups in total. The number of fused-ring (bicyclic) bond motifs is 2. The van der Waals surface area contributed by atoms with Gasteiger partial charge in [-0.15, -0.1) is 10.2 Å². The Morgan fingerprint density at radius 3 is 2.71 bits per heavy atom. The van der Waals surface area contributed by atoms with E-state index < -0.39 is 5.82 Å². The van der Waals surface area contributed by atoms with Gasteiger partial charge in [-0.3, -0.25) is 0 Å². The fourth-order valence-corrected chi connectivity index (χ4v) is 5.28. The van der Waals surface area contributed by atoms with E-state index >= 15 is 0 Å². The lowest BCUT2D eigenvalue weighted by Gasteiger charge is -2.63. The highest BCUT2D eigenvalue weighted by Crippen LogP contribution is 2.50. The van der Waals surface area contributed by atoms with Gasteiger partial charge in [-0.25, -0.2) is 19.2 Å². The largest absolute Gasteiger partial charge is 0.322 e. The van der Waals surface area contributed by atoms with Crippen LogP contribution in [0, 0.1) is 18.7 Å². The quantitative estimate of drug-likeness (QED) is 0.695. The number of nitrogens with zero attached hydrogens (tertiary/aromatic N) is 6. The third kappa shape index (κ3) is 3.54. The van der Waals surface area contributed by atoms with E-state index in [0.717, 1.165) is 42.8 Å². The Kier molecular flexibility index (Phi) is 4.68. The number of anilines is 1. The summed E-state index contributed by atoms with van der Waals surface area (Å²) < 4.78 is 15.2. The van der Waals surface area contributed by atoms with E-state index in [9.17, 15) is 9.18 Å². The van der Waals surface area contributed by atoms with Crippen molar-refractivity contribution in [3.63, 3.8) is 0 Å². The molecule has 8 nitrogen and oxygen atoms in total. The lowest BCUT2D eigenvalue weighted by molar-refractivity contribution is -0.0988. The van der Waals surface area contributed by atoms with Gasteiger partial charge in [0.05, 0.1) is 17.9 Å². The van der Waals surface area contributed by atoms with Gasteiger partial charge >= 0.3 is 6.03 Å². The highest BCUT2D eigenvalue weighted by Gasteiger charge is 2.58. The fourth-order valence-electron chi connectivity index (χ4n) is 5.28. The topological polar surface area (TPSA) is 88.8 Å². The maximum atomic E-state index is 13.3. The Labute approximate surface area is 179 Å². The zero-order chi connectivity index (χ0) is 21.6. The van der Waals surface area contributed by atoms with Gasteiger partial charge in [0.25, 0.3) is 0 Å². The highest BCUT2D eigenvalue weighted by atomic mass is 19.1. The maximum absolute atomic E-state index is 13.3. The number of benzene rings is 1. The van der Waals surface area contributed by atoms with Crippen LogP contribution in [0.15, 0.2) is 43.2 Å². The molecule has 0 radical (unpaired) electrons. The number of hydrogen-bond donors (Lipinski definition) is 1. The first-order valence-corrected chi connectivity index (χ1v) is 10.4. The molecule has 2 bridgehead atoms. The first-order valence-electron chi connectivity index (χ1n) is 10.4. The van der Waals surface area contributed by atoms with Crippen molar-refractivity contribution in [3.05, 3.63) is 54.6 Å². The minimum Gasteiger partial charge on any atom is -0.318 e. The molecule has 0 spiro atoms. The normalized spacial score (nSPS) is 24.5. The Morgan fingerprint density at radius 1 is 1.23 bits per heavy atom. The van der Waals surface area contributed by atoms with E-state index in [1.54, 1.807) is 12.7 Å². The van der Waals surface area contributed by atoms with Crippen LogP contribution in [0.5, 0.6) is 0 Å². The number of aromatic nitrogens is 5. The Hall–Kier alpha value is -3.36. The lowest BCUT2D eigenvalue weighted by atomic mass is 9.64. The molecule has 2 aliphatic heterocycles. The van der Waals surface area contributed by atoms with E-state index in [1.165, 1.54) is 0 Å². The van der Waals surface area contributed by atoms with Crippen LogP contribution in [0.25, 0.3) is 11.4 Å². The smallest absolute Gasteiger partial charge is 0.318 e. The minimum atomic E-state index is -0.484. The maximum Gasteiger partial charge on any atom is 0.322 e. The van der Waals surface area contributed by atoms with Gasteiger partial charge in [-0.1, -0.05) is 13.0 Å². The number of hydrogen-bond acceptors (Lipinski definition) is 5. The molecule has 5 rings (SSSR count). The molecule has 1 aromatic carbocycles. The van der Waals surface area contributed by atoms with Crippen LogP contribution in [0.1, 0.15) is 31.7 Å². The molecule has 2 aromatic heterocycles. The van der Waals surface area contributed by atoms with E-state index in [-0.39, 0.29) is 17.6 Å². The van der Waals surface area contributed by atoms with E-state index in [4.69, 9.17) is 0 Å². The van der Waals surface area contributed by atoms with E-state index in [2.05, 4.69) is 32.4 Å². The van der Waals surface area contributed by atoms with Gasteiger partial charge in [0.2, 0.25) is 0 Å². The van der Waals surface area contributed by atoms with Gasteiger partial charge in [-0.05, 0) is 49.8 Å². The van der Waals surface area contributed by atoms with Gasteiger partial charge in [-0.2, -0.15) is 0 Å². The zero-order valence-corrected chi connectivity index (χ0v) is 17.5. The van der Waals surface area contributed by atoms with Crippen LogP contribution < -0.4 is 5.32 Å². The van der Waals surface area contributed by atoms with Crippen molar-refractivity contribution in [2.45, 2.75) is 51.2 Å². The van der Waals surface area contributed by atoms with Crippen LogP contribution in [0.2, 0.25) is 0 Å². The number of nitrogens with one attached hydrogen (secondary N) is 1. The Morgan fingerprint density at radius 2 is 1.97 bits per heavy atom. The summed E-state index contributed by atoms with van der Waals surface area (Å²) in [6, 6.07) is 5.75. The third-order valence-corrected chi connectivity index (χ3v) is 6.41. The van der Waals surface area contributed by atoms with E-state index in [0.29, 0.717) is 24.0 Å². The summed E-state index contributed by atoms with van der Waals surface area (Å²) in [5.74, 6) is 0.511. The number of urea groups is 1. The average molecular weight is 421 g/mol. The Balaban J connectivity index is 1.38. The molecule has 9 heteroatoms. The molecule has 0 saturated carbocycles. The number of amides is 2. The average Bonchev–Trinajstić information content (AvgIpc) is 3.22. The van der Waals surface area contributed by atoms with Crippen molar-refractivity contribution in [3.8, 4) is 11.4 Å². The summed E-state index contributed by atoms with van der Waals surface area (Å²) in [4.78, 5) is 23.5. The molecule has 31 heavy (non-hydrogen) atoms. The minimum absolute atomic E-state index is 0.106. The molecule has 2 fully saturated rings. The molecule has 3 unspecified atom stereocenters. The van der Waals surface area contributed by atoms with Gasteiger partial charge < -0.3 is 14.8 Å². The molecule has 4 heterocycles. The van der Waals surface area contributed by atoms with Crippen molar-refractivity contribution in [1.82, 2.24) is 29.6 Å². The summed E-state index contributed by atoms with van der Waals surface area (Å²) >= 11 is 0. The molecular formula is C22H24FN7O. The molecule has 3 aromatic rings. The molecule has 2 amide bonds. The first-order chi connectivity index (χ1) is 14.9. The summed E-state index contributed by atoms with van der Waals surface area (Å²) in [6.45, 7) is 4.87. The molecule has 160 valence electrons. The Bertz CT molecular complexity index is 1100. The predicted molar refractivity (Wildman–Crippen MR) is 113 cm³/mol. The monoisotopic (exact) mass is 421 g/mol. The summed E-state index contributed by atoms with van der Waals surface area (Å²) in [5.41, 5.74) is 2.15. The summed E-state index contributed by atoms with van der Waals surface area (Å²) in [5, 5.41) is 10.9. The highest BCUT2D eigenvalue weighted by molar-refractivity contribution is 5.91. The van der Waals surface area contributed by atoms with Crippen LogP contribution in [0.3, 0.4) is 0 Å². The number of aryl methyl sites for hydroxylation is 1. The second-order valence-electron chi connectivity index (χ2n) is 8.82. The standard InChI is InChI=1S/C22H24FN7O/c1-14-5-18-8-22(7-14,11-29-12-26-27-13-29)30(18)21(31)28-17-4-3-15(2)19(6-17)20-24-9-16(23)10-25-20/h3-4,6,9-10,12-14,18H,5,7-8,11H2,1-2H3,(H,28,31). The van der Waals surface area contributed by atoms with Gasteiger partial charge in [0.15, 0.2) is 11.6 Å². The van der Waals surface area contributed by atoms with Gasteiger partial charge in [0, 0.05) is 23.8 Å². The number of piperidine rings is 1. The predicted octanol–water partition coefficient (Wildman–Crippen LogP) is 3.66. The second kappa shape index (κ2) is 7.40. The lowest BCUT2D eigenvalue weighted by Crippen LogP contribution is -2.73. The van der Waals surface area contributed by atoms with Crippen molar-refractivity contribution in [1.29, 1.82) is 0 Å². The summed E-state index contributed by atoms with van der Waals surface area (Å²) in [6.07, 6.45) is 8.65.